The third-order valence-corrected chi connectivity index (χ3v) is 10.3. The molecule has 222 valence electrons. The standard InChI is InChI=1S/C32H40O7S2/c1-22(2)39-28-15-11-24(20-30(28)38-4)9-13-26(34)21-25(33)12-8-23-10-14-27(29(19-23)37-3)32(17-18-40-41-32)16-6-5-7-31(35)36/h10-11,14-15,19-20H,1,5-9,12-13,16-18,21H2,2-4H3,(H,35,36). The molecule has 0 amide bonds. The summed E-state index contributed by atoms with van der Waals surface area (Å²) in [5.41, 5.74) is 3.06. The van der Waals surface area contributed by atoms with Gasteiger partial charge in [-0.2, -0.15) is 0 Å². The van der Waals surface area contributed by atoms with Gasteiger partial charge in [0, 0.05) is 30.6 Å². The van der Waals surface area contributed by atoms with E-state index in [0.717, 1.165) is 47.5 Å². The van der Waals surface area contributed by atoms with E-state index in [-0.39, 0.29) is 35.6 Å². The molecule has 2 aromatic carbocycles. The summed E-state index contributed by atoms with van der Waals surface area (Å²) in [6.07, 6.45) is 5.15. The number of ketones is 2. The zero-order chi connectivity index (χ0) is 29.8. The fourth-order valence-electron chi connectivity index (χ4n) is 4.94. The molecule has 1 N–H and O–H groups in total. The van der Waals surface area contributed by atoms with Crippen LogP contribution in [-0.2, 0) is 32.0 Å². The number of aryl methyl sites for hydroxylation is 2. The van der Waals surface area contributed by atoms with Gasteiger partial charge in [0.15, 0.2) is 11.5 Å². The van der Waals surface area contributed by atoms with E-state index in [1.165, 1.54) is 0 Å². The molecule has 0 saturated carbocycles. The smallest absolute Gasteiger partial charge is 0.303 e. The van der Waals surface area contributed by atoms with Crippen LogP contribution in [0.4, 0.5) is 0 Å². The number of allylic oxidation sites excluding steroid dienone is 1. The summed E-state index contributed by atoms with van der Waals surface area (Å²) in [6, 6.07) is 11.7. The summed E-state index contributed by atoms with van der Waals surface area (Å²) in [5, 5.41) is 8.98. The van der Waals surface area contributed by atoms with Crippen molar-refractivity contribution < 1.29 is 33.7 Å². The van der Waals surface area contributed by atoms with Crippen LogP contribution in [-0.4, -0.2) is 42.6 Å². The van der Waals surface area contributed by atoms with E-state index >= 15 is 0 Å². The molecule has 1 aliphatic heterocycles. The number of Topliss-reactive ketones (excluding diaryl/α,β-unsaturated/α-hetero) is 2. The van der Waals surface area contributed by atoms with Crippen LogP contribution in [0.3, 0.4) is 0 Å². The molecule has 3 rings (SSSR count). The van der Waals surface area contributed by atoms with Crippen LogP contribution in [0.15, 0.2) is 48.7 Å². The van der Waals surface area contributed by atoms with E-state index < -0.39 is 5.97 Å². The molecule has 9 heteroatoms. The maximum Gasteiger partial charge on any atom is 0.303 e. The molecule has 41 heavy (non-hydrogen) atoms. The number of hydrogen-bond acceptors (Lipinski definition) is 8. The van der Waals surface area contributed by atoms with Crippen molar-refractivity contribution in [3.8, 4) is 17.2 Å². The second-order valence-electron chi connectivity index (χ2n) is 10.3. The molecule has 2 aromatic rings. The minimum absolute atomic E-state index is 0.0709. The lowest BCUT2D eigenvalue weighted by Crippen LogP contribution is -2.20. The van der Waals surface area contributed by atoms with Gasteiger partial charge in [0.05, 0.1) is 31.1 Å². The molecular formula is C32H40O7S2. The van der Waals surface area contributed by atoms with Crippen molar-refractivity contribution in [3.05, 3.63) is 65.4 Å². The third kappa shape index (κ3) is 9.85. The van der Waals surface area contributed by atoms with Gasteiger partial charge in [-0.05, 0) is 68.4 Å². The highest BCUT2D eigenvalue weighted by atomic mass is 33.1. The molecule has 7 nitrogen and oxygen atoms in total. The molecule has 1 aliphatic rings. The van der Waals surface area contributed by atoms with Crippen molar-refractivity contribution >= 4 is 39.1 Å². The fourth-order valence-corrected chi connectivity index (χ4v) is 8.43. The lowest BCUT2D eigenvalue weighted by atomic mass is 9.88. The lowest BCUT2D eigenvalue weighted by molar-refractivity contribution is -0.137. The van der Waals surface area contributed by atoms with E-state index in [2.05, 4.69) is 12.6 Å². The second kappa shape index (κ2) is 15.9. The Bertz CT molecular complexity index is 1230. The zero-order valence-corrected chi connectivity index (χ0v) is 25.8. The van der Waals surface area contributed by atoms with E-state index in [0.29, 0.717) is 42.9 Å². The summed E-state index contributed by atoms with van der Waals surface area (Å²) in [4.78, 5) is 36.1. The molecule has 1 fully saturated rings. The molecule has 1 atom stereocenters. The van der Waals surface area contributed by atoms with E-state index in [9.17, 15) is 14.4 Å². The average molecular weight is 601 g/mol. The van der Waals surface area contributed by atoms with Crippen LogP contribution in [0.25, 0.3) is 0 Å². The number of ether oxygens (including phenoxy) is 3. The number of carbonyl (C=O) groups excluding carboxylic acids is 2. The van der Waals surface area contributed by atoms with E-state index in [1.54, 1.807) is 27.2 Å². The normalized spacial score (nSPS) is 16.3. The summed E-state index contributed by atoms with van der Waals surface area (Å²) < 4.78 is 16.6. The predicted molar refractivity (Wildman–Crippen MR) is 165 cm³/mol. The summed E-state index contributed by atoms with van der Waals surface area (Å²) in [5.74, 6) is 2.63. The maximum atomic E-state index is 12.6. The first-order valence-electron chi connectivity index (χ1n) is 13.9. The van der Waals surface area contributed by atoms with Crippen LogP contribution in [0.5, 0.6) is 17.2 Å². The van der Waals surface area contributed by atoms with Crippen molar-refractivity contribution in [2.75, 3.05) is 20.0 Å². The Balaban J connectivity index is 1.52. The Hall–Kier alpha value is -2.91. The topological polar surface area (TPSA) is 99.1 Å². The highest BCUT2D eigenvalue weighted by Gasteiger charge is 2.39. The second-order valence-corrected chi connectivity index (χ2v) is 13.1. The molecule has 1 unspecified atom stereocenters. The number of rotatable bonds is 18. The van der Waals surface area contributed by atoms with Crippen LogP contribution in [0, 0.1) is 0 Å². The SMILES string of the molecule is C=C(C)Oc1ccc(CCC(=O)CC(=O)CCc2ccc(C3(CCCCC(=O)O)CCSS3)c(OC)c2)cc1OC. The number of carboxylic acids is 1. The summed E-state index contributed by atoms with van der Waals surface area (Å²) in [6.45, 7) is 5.50. The Morgan fingerprint density at radius 1 is 0.902 bits per heavy atom. The van der Waals surface area contributed by atoms with Gasteiger partial charge in [0.2, 0.25) is 0 Å². The number of unbranched alkanes of at least 4 members (excludes halogenated alkanes) is 1. The van der Waals surface area contributed by atoms with Crippen molar-refractivity contribution in [2.45, 2.75) is 75.9 Å². The first kappa shape index (κ1) is 32.6. The first-order valence-corrected chi connectivity index (χ1v) is 16.2. The lowest BCUT2D eigenvalue weighted by Gasteiger charge is -2.29. The molecule has 0 spiro atoms. The Morgan fingerprint density at radius 3 is 2.10 bits per heavy atom. The molecule has 1 heterocycles. The van der Waals surface area contributed by atoms with Gasteiger partial charge in [-0.25, -0.2) is 0 Å². The summed E-state index contributed by atoms with van der Waals surface area (Å²) in [7, 11) is 6.92. The minimum atomic E-state index is -0.758. The van der Waals surface area contributed by atoms with Crippen molar-refractivity contribution in [2.24, 2.45) is 0 Å². The first-order chi connectivity index (χ1) is 19.7. The van der Waals surface area contributed by atoms with Gasteiger partial charge in [-0.1, -0.05) is 52.8 Å². The Kier molecular flexibility index (Phi) is 12.7. The zero-order valence-electron chi connectivity index (χ0n) is 24.2. The molecule has 1 saturated heterocycles. The molecular weight excluding hydrogens is 560 g/mol. The average Bonchev–Trinajstić information content (AvgIpc) is 3.43. The molecule has 0 aliphatic carbocycles. The number of carbonyl (C=O) groups is 3. The Labute approximate surface area is 250 Å². The van der Waals surface area contributed by atoms with E-state index in [1.807, 2.05) is 45.9 Å². The van der Waals surface area contributed by atoms with Gasteiger partial charge in [0.25, 0.3) is 0 Å². The van der Waals surface area contributed by atoms with Crippen LogP contribution >= 0.6 is 21.6 Å². The molecule has 0 bridgehead atoms. The number of carboxylic acid groups (broad SMARTS) is 1. The van der Waals surface area contributed by atoms with Crippen molar-refractivity contribution in [3.63, 3.8) is 0 Å². The van der Waals surface area contributed by atoms with Crippen LogP contribution in [0.2, 0.25) is 0 Å². The quantitative estimate of drug-likeness (QED) is 0.0815. The molecule has 0 radical (unpaired) electrons. The number of methoxy groups -OCH3 is 2. The van der Waals surface area contributed by atoms with Gasteiger partial charge in [-0.3, -0.25) is 14.4 Å². The van der Waals surface area contributed by atoms with E-state index in [4.69, 9.17) is 19.3 Å². The van der Waals surface area contributed by atoms with Gasteiger partial charge >= 0.3 is 5.97 Å². The fraction of sp³-hybridized carbons (Fsp3) is 0.469. The van der Waals surface area contributed by atoms with Gasteiger partial charge in [0.1, 0.15) is 17.3 Å². The monoisotopic (exact) mass is 600 g/mol. The number of hydrogen-bond donors (Lipinski definition) is 1. The maximum absolute atomic E-state index is 12.6. The minimum Gasteiger partial charge on any atom is -0.496 e. The number of benzene rings is 2. The van der Waals surface area contributed by atoms with Gasteiger partial charge < -0.3 is 19.3 Å². The van der Waals surface area contributed by atoms with Crippen LogP contribution < -0.4 is 14.2 Å². The molecule has 0 aromatic heterocycles. The van der Waals surface area contributed by atoms with Crippen molar-refractivity contribution in [1.82, 2.24) is 0 Å². The summed E-state index contributed by atoms with van der Waals surface area (Å²) >= 11 is 0. The van der Waals surface area contributed by atoms with Gasteiger partial charge in [-0.15, -0.1) is 0 Å². The Morgan fingerprint density at radius 2 is 1.54 bits per heavy atom. The van der Waals surface area contributed by atoms with Crippen LogP contribution in [0.1, 0.15) is 75.0 Å². The predicted octanol–water partition coefficient (Wildman–Crippen LogP) is 7.34. The highest BCUT2D eigenvalue weighted by molar-refractivity contribution is 8.77. The largest absolute Gasteiger partial charge is 0.496 e. The number of aliphatic carboxylic acids is 1. The highest BCUT2D eigenvalue weighted by Crippen LogP contribution is 2.58. The van der Waals surface area contributed by atoms with Crippen molar-refractivity contribution in [1.29, 1.82) is 0 Å². The third-order valence-electron chi connectivity index (χ3n) is 7.08.